The van der Waals surface area contributed by atoms with Gasteiger partial charge in [-0.25, -0.2) is 9.97 Å². The highest BCUT2D eigenvalue weighted by Crippen LogP contribution is 2.20. The zero-order valence-electron chi connectivity index (χ0n) is 11.1. The summed E-state index contributed by atoms with van der Waals surface area (Å²) in [4.78, 5) is 8.67. The molecular weight excluding hydrogens is 184 g/mol. The molecule has 0 bridgehead atoms. The van der Waals surface area contributed by atoms with E-state index in [0.29, 0.717) is 5.92 Å². The first-order chi connectivity index (χ1) is 6.91. The fourth-order valence-electron chi connectivity index (χ4n) is 1.02. The minimum Gasteiger partial charge on any atom is -0.241 e. The summed E-state index contributed by atoms with van der Waals surface area (Å²) in [7, 11) is 0. The lowest BCUT2D eigenvalue weighted by Crippen LogP contribution is -2.12. The molecule has 0 radical (unpaired) electrons. The first kappa shape index (κ1) is 14.1. The SMILES string of the molecule is CC.CC(C)c1ncc(C(C)(C)C)cn1. The van der Waals surface area contributed by atoms with E-state index in [4.69, 9.17) is 0 Å². The largest absolute Gasteiger partial charge is 0.241 e. The molecule has 2 heteroatoms. The van der Waals surface area contributed by atoms with Crippen molar-refractivity contribution in [1.82, 2.24) is 9.97 Å². The lowest BCUT2D eigenvalue weighted by molar-refractivity contribution is 0.580. The molecule has 86 valence electrons. The van der Waals surface area contributed by atoms with E-state index >= 15 is 0 Å². The smallest absolute Gasteiger partial charge is 0.130 e. The van der Waals surface area contributed by atoms with E-state index in [1.165, 1.54) is 5.56 Å². The Morgan fingerprint density at radius 2 is 1.40 bits per heavy atom. The lowest BCUT2D eigenvalue weighted by atomic mass is 9.89. The zero-order chi connectivity index (χ0) is 12.1. The Labute approximate surface area is 94.2 Å². The van der Waals surface area contributed by atoms with E-state index in [1.807, 2.05) is 26.2 Å². The van der Waals surface area contributed by atoms with Gasteiger partial charge in [-0.3, -0.25) is 0 Å². The van der Waals surface area contributed by atoms with E-state index in [1.54, 1.807) is 0 Å². The maximum Gasteiger partial charge on any atom is 0.130 e. The first-order valence-electron chi connectivity index (χ1n) is 5.73. The molecule has 0 amide bonds. The van der Waals surface area contributed by atoms with Crippen LogP contribution in [0, 0.1) is 0 Å². The van der Waals surface area contributed by atoms with Crippen LogP contribution in [-0.2, 0) is 5.41 Å². The molecule has 0 aromatic carbocycles. The van der Waals surface area contributed by atoms with Gasteiger partial charge in [-0.15, -0.1) is 0 Å². The molecule has 0 atom stereocenters. The second-order valence-corrected chi connectivity index (χ2v) is 4.73. The van der Waals surface area contributed by atoms with Crippen LogP contribution in [0.15, 0.2) is 12.4 Å². The molecule has 1 aromatic rings. The third-order valence-corrected chi connectivity index (χ3v) is 2.05. The van der Waals surface area contributed by atoms with Crippen LogP contribution in [0.5, 0.6) is 0 Å². The minimum absolute atomic E-state index is 0.148. The Balaban J connectivity index is 0.000000921. The first-order valence-corrected chi connectivity index (χ1v) is 5.73. The molecule has 0 fully saturated rings. The fourth-order valence-corrected chi connectivity index (χ4v) is 1.02. The number of hydrogen-bond donors (Lipinski definition) is 0. The highest BCUT2D eigenvalue weighted by atomic mass is 14.9. The van der Waals surface area contributed by atoms with Crippen molar-refractivity contribution in [2.45, 2.75) is 59.8 Å². The molecule has 1 aromatic heterocycles. The standard InChI is InChI=1S/C11H18N2.C2H6/c1-8(2)10-12-6-9(7-13-10)11(3,4)5;1-2/h6-8H,1-5H3;1-2H3. The van der Waals surface area contributed by atoms with Gasteiger partial charge in [0.1, 0.15) is 5.82 Å². The fraction of sp³-hybridized carbons (Fsp3) is 0.692. The highest BCUT2D eigenvalue weighted by molar-refractivity contribution is 5.15. The predicted molar refractivity (Wildman–Crippen MR) is 66.2 cm³/mol. The lowest BCUT2D eigenvalue weighted by Gasteiger charge is -2.18. The van der Waals surface area contributed by atoms with E-state index in [9.17, 15) is 0 Å². The second kappa shape index (κ2) is 5.84. The average Bonchev–Trinajstić information content (AvgIpc) is 2.20. The summed E-state index contributed by atoms with van der Waals surface area (Å²) in [6.45, 7) is 14.7. The summed E-state index contributed by atoms with van der Waals surface area (Å²) in [6, 6.07) is 0. The van der Waals surface area contributed by atoms with Crippen molar-refractivity contribution >= 4 is 0 Å². The van der Waals surface area contributed by atoms with Gasteiger partial charge in [0.15, 0.2) is 0 Å². The van der Waals surface area contributed by atoms with Crippen LogP contribution in [-0.4, -0.2) is 9.97 Å². The number of aromatic nitrogens is 2. The summed E-state index contributed by atoms with van der Waals surface area (Å²) in [6.07, 6.45) is 3.87. The van der Waals surface area contributed by atoms with Gasteiger partial charge in [0.05, 0.1) is 0 Å². The van der Waals surface area contributed by atoms with Crippen molar-refractivity contribution in [3.63, 3.8) is 0 Å². The molecule has 0 spiro atoms. The van der Waals surface area contributed by atoms with Crippen molar-refractivity contribution < 1.29 is 0 Å². The van der Waals surface area contributed by atoms with E-state index in [0.717, 1.165) is 5.82 Å². The van der Waals surface area contributed by atoms with Crippen molar-refractivity contribution in [1.29, 1.82) is 0 Å². The summed E-state index contributed by atoms with van der Waals surface area (Å²) in [5.41, 5.74) is 1.34. The van der Waals surface area contributed by atoms with Gasteiger partial charge in [0.2, 0.25) is 0 Å². The Bertz CT molecular complexity index is 268. The summed E-state index contributed by atoms with van der Waals surface area (Å²) in [5.74, 6) is 1.34. The molecule has 15 heavy (non-hydrogen) atoms. The molecule has 0 saturated heterocycles. The Kier molecular flexibility index (Phi) is 5.48. The molecule has 2 nitrogen and oxygen atoms in total. The monoisotopic (exact) mass is 208 g/mol. The summed E-state index contributed by atoms with van der Waals surface area (Å²) >= 11 is 0. The van der Waals surface area contributed by atoms with Gasteiger partial charge in [-0.05, 0) is 11.0 Å². The third kappa shape index (κ3) is 4.41. The van der Waals surface area contributed by atoms with E-state index in [-0.39, 0.29) is 5.41 Å². The molecule has 0 unspecified atom stereocenters. The van der Waals surface area contributed by atoms with Gasteiger partial charge < -0.3 is 0 Å². The number of hydrogen-bond acceptors (Lipinski definition) is 2. The van der Waals surface area contributed by atoms with Gasteiger partial charge >= 0.3 is 0 Å². The number of nitrogens with zero attached hydrogens (tertiary/aromatic N) is 2. The van der Waals surface area contributed by atoms with Gasteiger partial charge in [-0.1, -0.05) is 48.5 Å². The zero-order valence-corrected chi connectivity index (χ0v) is 11.1. The third-order valence-electron chi connectivity index (χ3n) is 2.05. The number of rotatable bonds is 1. The maximum atomic E-state index is 4.33. The maximum absolute atomic E-state index is 4.33. The molecule has 1 heterocycles. The highest BCUT2D eigenvalue weighted by Gasteiger charge is 2.14. The predicted octanol–water partition coefficient (Wildman–Crippen LogP) is 3.92. The van der Waals surface area contributed by atoms with Crippen LogP contribution in [0.3, 0.4) is 0 Å². The van der Waals surface area contributed by atoms with Crippen LogP contribution in [0.4, 0.5) is 0 Å². The van der Waals surface area contributed by atoms with Gasteiger partial charge in [0.25, 0.3) is 0 Å². The molecular formula is C13H24N2. The molecule has 0 saturated carbocycles. The van der Waals surface area contributed by atoms with Crippen LogP contribution in [0.2, 0.25) is 0 Å². The summed E-state index contributed by atoms with van der Waals surface area (Å²) in [5, 5.41) is 0. The average molecular weight is 208 g/mol. The van der Waals surface area contributed by atoms with Crippen molar-refractivity contribution in [2.24, 2.45) is 0 Å². The van der Waals surface area contributed by atoms with E-state index in [2.05, 4.69) is 44.6 Å². The Morgan fingerprint density at radius 1 is 1.00 bits per heavy atom. The van der Waals surface area contributed by atoms with Gasteiger partial charge in [0, 0.05) is 18.3 Å². The van der Waals surface area contributed by atoms with E-state index < -0.39 is 0 Å². The van der Waals surface area contributed by atoms with Gasteiger partial charge in [-0.2, -0.15) is 0 Å². The molecule has 1 rings (SSSR count). The van der Waals surface area contributed by atoms with Crippen LogP contribution in [0.1, 0.15) is 65.8 Å². The van der Waals surface area contributed by atoms with Crippen LogP contribution < -0.4 is 0 Å². The normalized spacial score (nSPS) is 10.9. The molecule has 0 aliphatic rings. The second-order valence-electron chi connectivity index (χ2n) is 4.73. The van der Waals surface area contributed by atoms with Crippen LogP contribution >= 0.6 is 0 Å². The topological polar surface area (TPSA) is 25.8 Å². The van der Waals surface area contributed by atoms with Crippen LogP contribution in [0.25, 0.3) is 0 Å². The quantitative estimate of drug-likeness (QED) is 0.699. The molecule has 0 aliphatic heterocycles. The minimum atomic E-state index is 0.148. The molecule has 0 N–H and O–H groups in total. The van der Waals surface area contributed by atoms with Crippen molar-refractivity contribution in [3.05, 3.63) is 23.8 Å². The molecule has 0 aliphatic carbocycles. The Hall–Kier alpha value is -0.920. The Morgan fingerprint density at radius 3 is 1.67 bits per heavy atom. The van der Waals surface area contributed by atoms with Crippen molar-refractivity contribution in [2.75, 3.05) is 0 Å². The van der Waals surface area contributed by atoms with Crippen molar-refractivity contribution in [3.8, 4) is 0 Å². The summed E-state index contributed by atoms with van der Waals surface area (Å²) < 4.78 is 0.